The average Bonchev–Trinajstić information content (AvgIpc) is 2.89. The molecule has 0 saturated heterocycles. The number of rotatable bonds is 7. The quantitative estimate of drug-likeness (QED) is 0.419. The van der Waals surface area contributed by atoms with E-state index in [0.717, 1.165) is 11.1 Å². The van der Waals surface area contributed by atoms with Gasteiger partial charge in [-0.25, -0.2) is 0 Å². The minimum absolute atomic E-state index is 0.0112. The van der Waals surface area contributed by atoms with Gasteiger partial charge in [0.15, 0.2) is 0 Å². The molecule has 35 heavy (non-hydrogen) atoms. The van der Waals surface area contributed by atoms with Crippen molar-refractivity contribution in [2.45, 2.75) is 50.6 Å². The molecule has 0 spiro atoms. The normalized spacial score (nSPS) is 20.4. The number of hydrogen-bond acceptors (Lipinski definition) is 5. The predicted octanol–water partition coefficient (Wildman–Crippen LogP) is 3.24. The highest BCUT2D eigenvalue weighted by Gasteiger charge is 2.26. The number of aliphatic hydroxyl groups excluding tert-OH is 1. The number of esters is 1. The largest absolute Gasteiger partial charge is 0.463 e. The molecule has 7 heteroatoms. The van der Waals surface area contributed by atoms with E-state index in [1.54, 1.807) is 0 Å². The molecule has 0 saturated carbocycles. The van der Waals surface area contributed by atoms with Crippen molar-refractivity contribution in [3.05, 3.63) is 83.9 Å². The molecular formula is C28H34N2O5. The Labute approximate surface area is 206 Å². The van der Waals surface area contributed by atoms with Crippen LogP contribution in [0.4, 0.5) is 0 Å². The number of allylic oxidation sites excluding steroid dienone is 2. The van der Waals surface area contributed by atoms with Gasteiger partial charge in [-0.15, -0.1) is 0 Å². The summed E-state index contributed by atoms with van der Waals surface area (Å²) >= 11 is 0. The van der Waals surface area contributed by atoms with Gasteiger partial charge in [-0.05, 0) is 36.8 Å². The average molecular weight is 479 g/mol. The standard InChI is InChI=1S/C28H34N2O5/c31-19-24(17-21-11-5-3-6-12-21)29-26(32)18-23-15-7-1-2-10-16-27(33)35-20-25(30-28(23)34)22-13-8-4-9-14-22/h1,3-9,11-14,23-25,31H,2,10,15-20H2,(H,29,32)(H,30,34)/t23-,24-,25-/m1/s1. The van der Waals surface area contributed by atoms with Crippen molar-refractivity contribution in [1.82, 2.24) is 10.6 Å². The fraction of sp³-hybridized carbons (Fsp3) is 0.393. The second-order valence-electron chi connectivity index (χ2n) is 8.79. The molecule has 0 fully saturated rings. The number of ether oxygens (including phenoxy) is 1. The lowest BCUT2D eigenvalue weighted by atomic mass is 9.97. The van der Waals surface area contributed by atoms with Crippen LogP contribution in [-0.4, -0.2) is 42.1 Å². The van der Waals surface area contributed by atoms with Gasteiger partial charge in [0.2, 0.25) is 11.8 Å². The third kappa shape index (κ3) is 9.02. The molecule has 0 bridgehead atoms. The molecule has 0 unspecified atom stereocenters. The van der Waals surface area contributed by atoms with E-state index in [4.69, 9.17) is 4.74 Å². The molecule has 0 aromatic heterocycles. The Kier molecular flexibility index (Phi) is 10.5. The highest BCUT2D eigenvalue weighted by Crippen LogP contribution is 2.18. The number of benzene rings is 2. The first-order valence-electron chi connectivity index (χ1n) is 12.1. The number of nitrogens with one attached hydrogen (secondary N) is 2. The third-order valence-corrected chi connectivity index (χ3v) is 5.98. The number of carbonyl (C=O) groups is 3. The number of aliphatic hydroxyl groups is 1. The van der Waals surface area contributed by atoms with Crippen LogP contribution in [0.25, 0.3) is 0 Å². The molecular weight excluding hydrogens is 444 g/mol. The van der Waals surface area contributed by atoms with Crippen molar-refractivity contribution >= 4 is 17.8 Å². The Morgan fingerprint density at radius 2 is 1.77 bits per heavy atom. The summed E-state index contributed by atoms with van der Waals surface area (Å²) in [6, 6.07) is 18.0. The maximum atomic E-state index is 13.2. The van der Waals surface area contributed by atoms with Gasteiger partial charge < -0.3 is 20.5 Å². The van der Waals surface area contributed by atoms with Gasteiger partial charge in [0.1, 0.15) is 6.61 Å². The molecule has 3 rings (SSSR count). The van der Waals surface area contributed by atoms with Crippen LogP contribution in [0.15, 0.2) is 72.8 Å². The van der Waals surface area contributed by atoms with Crippen LogP contribution in [0, 0.1) is 5.92 Å². The zero-order chi connectivity index (χ0) is 24.9. The van der Waals surface area contributed by atoms with Gasteiger partial charge in [0.25, 0.3) is 0 Å². The summed E-state index contributed by atoms with van der Waals surface area (Å²) in [5.74, 6) is -1.46. The molecule has 7 nitrogen and oxygen atoms in total. The number of amides is 2. The lowest BCUT2D eigenvalue weighted by Gasteiger charge is -2.23. The second-order valence-corrected chi connectivity index (χ2v) is 8.79. The van der Waals surface area contributed by atoms with E-state index in [0.29, 0.717) is 32.1 Å². The van der Waals surface area contributed by atoms with Crippen molar-refractivity contribution in [2.75, 3.05) is 13.2 Å². The van der Waals surface area contributed by atoms with E-state index < -0.39 is 18.0 Å². The van der Waals surface area contributed by atoms with E-state index in [2.05, 4.69) is 10.6 Å². The fourth-order valence-corrected chi connectivity index (χ4v) is 4.04. The summed E-state index contributed by atoms with van der Waals surface area (Å²) in [7, 11) is 0. The Bertz CT molecular complexity index is 977. The molecule has 3 N–H and O–H groups in total. The summed E-state index contributed by atoms with van der Waals surface area (Å²) in [5.41, 5.74) is 1.83. The summed E-state index contributed by atoms with van der Waals surface area (Å²) in [6.07, 6.45) is 6.39. The first-order valence-corrected chi connectivity index (χ1v) is 12.1. The number of hydrogen-bond donors (Lipinski definition) is 3. The van der Waals surface area contributed by atoms with Crippen LogP contribution < -0.4 is 10.6 Å². The van der Waals surface area contributed by atoms with Crippen molar-refractivity contribution < 1.29 is 24.2 Å². The molecule has 2 aromatic rings. The SMILES string of the molecule is O=C(C[C@H]1CC=CCCCC(=O)OC[C@H](c2ccccc2)NC1=O)N[C@@H](CO)Cc1ccccc1. The summed E-state index contributed by atoms with van der Waals surface area (Å²) < 4.78 is 5.43. The lowest BCUT2D eigenvalue weighted by Crippen LogP contribution is -2.42. The monoisotopic (exact) mass is 478 g/mol. The minimum Gasteiger partial charge on any atom is -0.463 e. The Balaban J connectivity index is 1.69. The van der Waals surface area contributed by atoms with Gasteiger partial charge in [0, 0.05) is 12.8 Å². The van der Waals surface area contributed by atoms with Crippen molar-refractivity contribution in [2.24, 2.45) is 5.92 Å². The van der Waals surface area contributed by atoms with Crippen LogP contribution in [0.5, 0.6) is 0 Å². The van der Waals surface area contributed by atoms with Crippen molar-refractivity contribution in [3.63, 3.8) is 0 Å². The Hall–Kier alpha value is -3.45. The summed E-state index contributed by atoms with van der Waals surface area (Å²) in [6.45, 7) is -0.163. The van der Waals surface area contributed by atoms with Gasteiger partial charge in [0.05, 0.1) is 24.6 Å². The maximum Gasteiger partial charge on any atom is 0.305 e. The molecule has 3 atom stereocenters. The minimum atomic E-state index is -0.593. The zero-order valence-corrected chi connectivity index (χ0v) is 19.9. The van der Waals surface area contributed by atoms with Gasteiger partial charge in [-0.3, -0.25) is 14.4 Å². The molecule has 2 aromatic carbocycles. The van der Waals surface area contributed by atoms with Crippen LogP contribution in [0.1, 0.15) is 49.3 Å². The van der Waals surface area contributed by atoms with E-state index >= 15 is 0 Å². The van der Waals surface area contributed by atoms with Crippen LogP contribution >= 0.6 is 0 Å². The third-order valence-electron chi connectivity index (χ3n) is 5.98. The summed E-state index contributed by atoms with van der Waals surface area (Å²) in [5, 5.41) is 15.6. The zero-order valence-electron chi connectivity index (χ0n) is 19.9. The Morgan fingerprint density at radius 3 is 2.49 bits per heavy atom. The van der Waals surface area contributed by atoms with Crippen LogP contribution in [0.3, 0.4) is 0 Å². The Morgan fingerprint density at radius 1 is 1.06 bits per heavy atom. The van der Waals surface area contributed by atoms with Crippen LogP contribution in [0.2, 0.25) is 0 Å². The van der Waals surface area contributed by atoms with E-state index in [1.807, 2.05) is 72.8 Å². The molecule has 2 amide bonds. The summed E-state index contributed by atoms with van der Waals surface area (Å²) in [4.78, 5) is 38.2. The first kappa shape index (κ1) is 26.2. The number of carbonyl (C=O) groups excluding carboxylic acids is 3. The second kappa shape index (κ2) is 14.1. The highest BCUT2D eigenvalue weighted by molar-refractivity contribution is 5.86. The van der Waals surface area contributed by atoms with Gasteiger partial charge >= 0.3 is 5.97 Å². The lowest BCUT2D eigenvalue weighted by molar-refractivity contribution is -0.145. The van der Waals surface area contributed by atoms with Crippen LogP contribution in [-0.2, 0) is 25.5 Å². The van der Waals surface area contributed by atoms with Crippen molar-refractivity contribution in [3.8, 4) is 0 Å². The van der Waals surface area contributed by atoms with Gasteiger partial charge in [-0.1, -0.05) is 72.8 Å². The topological polar surface area (TPSA) is 105 Å². The molecule has 1 aliphatic heterocycles. The fourth-order valence-electron chi connectivity index (χ4n) is 4.04. The molecule has 186 valence electrons. The first-order chi connectivity index (χ1) is 17.0. The number of cyclic esters (lactones) is 1. The van der Waals surface area contributed by atoms with Crippen molar-refractivity contribution in [1.29, 1.82) is 0 Å². The molecule has 0 radical (unpaired) electrons. The molecule has 1 aliphatic rings. The highest BCUT2D eigenvalue weighted by atomic mass is 16.5. The molecule has 0 aliphatic carbocycles. The van der Waals surface area contributed by atoms with E-state index in [9.17, 15) is 19.5 Å². The maximum absolute atomic E-state index is 13.2. The molecule has 1 heterocycles. The smallest absolute Gasteiger partial charge is 0.305 e. The van der Waals surface area contributed by atoms with Gasteiger partial charge in [-0.2, -0.15) is 0 Å². The predicted molar refractivity (Wildman–Crippen MR) is 133 cm³/mol. The van der Waals surface area contributed by atoms with E-state index in [1.165, 1.54) is 0 Å². The van der Waals surface area contributed by atoms with E-state index in [-0.39, 0.29) is 37.4 Å².